The molecule has 126 valence electrons. The van der Waals surface area contributed by atoms with Crippen molar-refractivity contribution in [1.29, 1.82) is 0 Å². The molecule has 0 saturated carbocycles. The molecule has 1 aliphatic heterocycles. The van der Waals surface area contributed by atoms with Crippen molar-refractivity contribution >= 4 is 23.2 Å². The molecule has 0 unspecified atom stereocenters. The van der Waals surface area contributed by atoms with Crippen molar-refractivity contribution in [3.8, 4) is 10.6 Å². The van der Waals surface area contributed by atoms with Gasteiger partial charge in [0.2, 0.25) is 5.91 Å². The molecular weight excluding hydrogens is 338 g/mol. The number of thiophene rings is 1. The van der Waals surface area contributed by atoms with E-state index in [-0.39, 0.29) is 11.6 Å². The van der Waals surface area contributed by atoms with Crippen molar-refractivity contribution in [2.24, 2.45) is 5.73 Å². The van der Waals surface area contributed by atoms with Crippen LogP contribution >= 0.6 is 11.3 Å². The van der Waals surface area contributed by atoms with Crippen LogP contribution in [0.15, 0.2) is 52.4 Å². The van der Waals surface area contributed by atoms with E-state index in [1.54, 1.807) is 6.07 Å². The molecule has 3 aromatic rings. The van der Waals surface area contributed by atoms with Gasteiger partial charge in [0.15, 0.2) is 11.5 Å². The Morgan fingerprint density at radius 2 is 2.00 bits per heavy atom. The zero-order chi connectivity index (χ0) is 17.4. The summed E-state index contributed by atoms with van der Waals surface area (Å²) in [7, 11) is 0. The Hall–Kier alpha value is -2.93. The minimum Gasteiger partial charge on any atom is -0.368 e. The molecule has 2 amide bonds. The molecule has 0 radical (unpaired) electrons. The van der Waals surface area contributed by atoms with E-state index in [9.17, 15) is 9.59 Å². The summed E-state index contributed by atoms with van der Waals surface area (Å²) in [5.74, 6) is -0.346. The van der Waals surface area contributed by atoms with Gasteiger partial charge in [-0.25, -0.2) is 0 Å². The lowest BCUT2D eigenvalue weighted by molar-refractivity contribution is -0.122. The van der Waals surface area contributed by atoms with Gasteiger partial charge >= 0.3 is 0 Å². The van der Waals surface area contributed by atoms with Gasteiger partial charge in [-0.1, -0.05) is 35.5 Å². The Morgan fingerprint density at radius 1 is 1.20 bits per heavy atom. The number of amides is 2. The fraction of sp³-hybridized carbons (Fsp3) is 0.167. The molecule has 3 heterocycles. The lowest BCUT2D eigenvalue weighted by Crippen LogP contribution is -2.51. The Balaban J connectivity index is 1.65. The summed E-state index contributed by atoms with van der Waals surface area (Å²) in [4.78, 5) is 27.2. The highest BCUT2D eigenvalue weighted by atomic mass is 32.1. The Labute approximate surface area is 147 Å². The van der Waals surface area contributed by atoms with Gasteiger partial charge in [-0.15, -0.1) is 11.3 Å². The molecule has 1 atom stereocenters. The monoisotopic (exact) mass is 353 g/mol. The number of aromatic nitrogens is 1. The van der Waals surface area contributed by atoms with Crippen LogP contribution in [0.25, 0.3) is 10.6 Å². The number of nitrogens with two attached hydrogens (primary N) is 1. The highest BCUT2D eigenvalue weighted by Crippen LogP contribution is 2.28. The Bertz CT molecular complexity index is 933. The zero-order valence-electron chi connectivity index (χ0n) is 13.2. The van der Waals surface area contributed by atoms with E-state index in [0.29, 0.717) is 18.7 Å². The first-order chi connectivity index (χ1) is 12.1. The van der Waals surface area contributed by atoms with E-state index in [2.05, 4.69) is 5.16 Å². The van der Waals surface area contributed by atoms with Crippen molar-refractivity contribution in [2.45, 2.75) is 19.0 Å². The molecule has 1 aliphatic rings. The average Bonchev–Trinajstić information content (AvgIpc) is 3.31. The van der Waals surface area contributed by atoms with Crippen LogP contribution in [0.3, 0.4) is 0 Å². The van der Waals surface area contributed by atoms with Gasteiger partial charge < -0.3 is 15.2 Å². The first kappa shape index (κ1) is 15.6. The first-order valence-corrected chi connectivity index (χ1v) is 8.69. The van der Waals surface area contributed by atoms with Gasteiger partial charge in [-0.2, -0.15) is 0 Å². The quantitative estimate of drug-likeness (QED) is 0.783. The van der Waals surface area contributed by atoms with Gasteiger partial charge in [-0.05, 0) is 22.6 Å². The maximum Gasteiger partial charge on any atom is 0.277 e. The fourth-order valence-corrected chi connectivity index (χ4v) is 3.72. The normalized spacial score (nSPS) is 16.5. The van der Waals surface area contributed by atoms with Crippen LogP contribution in [0.2, 0.25) is 0 Å². The number of carbonyl (C=O) groups is 2. The molecular formula is C18H15N3O3S. The smallest absolute Gasteiger partial charge is 0.277 e. The predicted octanol–water partition coefficient (Wildman–Crippen LogP) is 2.46. The zero-order valence-corrected chi connectivity index (χ0v) is 14.0. The number of fused-ring (bicyclic) bond motifs is 1. The third-order valence-electron chi connectivity index (χ3n) is 4.33. The average molecular weight is 353 g/mol. The molecule has 0 saturated heterocycles. The number of hydrogen-bond donors (Lipinski definition) is 1. The summed E-state index contributed by atoms with van der Waals surface area (Å²) in [5.41, 5.74) is 7.76. The standard InChI is InChI=1S/C18H15N3O3S/c19-17(22)14-8-11-4-1-2-5-12(11)10-21(14)18(23)13-9-15(24-20-13)16-6-3-7-25-16/h1-7,9,14H,8,10H2,(H2,19,22)/t14-/m0/s1. The second kappa shape index (κ2) is 6.18. The summed E-state index contributed by atoms with van der Waals surface area (Å²) in [5, 5.41) is 5.81. The summed E-state index contributed by atoms with van der Waals surface area (Å²) < 4.78 is 5.28. The minimum atomic E-state index is -0.690. The van der Waals surface area contributed by atoms with Crippen molar-refractivity contribution in [2.75, 3.05) is 0 Å². The van der Waals surface area contributed by atoms with Crippen LogP contribution in [0.5, 0.6) is 0 Å². The van der Waals surface area contributed by atoms with Gasteiger partial charge in [0.05, 0.1) is 4.88 Å². The first-order valence-electron chi connectivity index (χ1n) is 7.81. The number of primary amides is 1. The van der Waals surface area contributed by atoms with Gasteiger partial charge in [0.25, 0.3) is 5.91 Å². The fourth-order valence-electron chi connectivity index (χ4n) is 3.05. The summed E-state index contributed by atoms with van der Waals surface area (Å²) in [6, 6.07) is 12.4. The molecule has 25 heavy (non-hydrogen) atoms. The topological polar surface area (TPSA) is 89.4 Å². The second-order valence-electron chi connectivity index (χ2n) is 5.88. The van der Waals surface area contributed by atoms with E-state index < -0.39 is 11.9 Å². The van der Waals surface area contributed by atoms with Crippen LogP contribution < -0.4 is 5.73 Å². The Kier molecular flexibility index (Phi) is 3.85. The van der Waals surface area contributed by atoms with Crippen LogP contribution in [0.1, 0.15) is 21.6 Å². The maximum atomic E-state index is 12.9. The summed E-state index contributed by atoms with van der Waals surface area (Å²) >= 11 is 1.50. The summed E-state index contributed by atoms with van der Waals surface area (Å²) in [6.07, 6.45) is 0.410. The maximum absolute atomic E-state index is 12.9. The largest absolute Gasteiger partial charge is 0.368 e. The van der Waals surface area contributed by atoms with Gasteiger partial charge in [-0.3, -0.25) is 9.59 Å². The number of benzene rings is 1. The van der Waals surface area contributed by atoms with E-state index in [1.807, 2.05) is 41.8 Å². The minimum absolute atomic E-state index is 0.175. The van der Waals surface area contributed by atoms with Gasteiger partial charge in [0.1, 0.15) is 6.04 Å². The van der Waals surface area contributed by atoms with Crippen LogP contribution in [-0.4, -0.2) is 27.9 Å². The summed E-state index contributed by atoms with van der Waals surface area (Å²) in [6.45, 7) is 0.323. The molecule has 1 aromatic carbocycles. The number of nitrogens with zero attached hydrogens (tertiary/aromatic N) is 2. The van der Waals surface area contributed by atoms with Crippen molar-refractivity contribution in [3.05, 3.63) is 64.7 Å². The second-order valence-corrected chi connectivity index (χ2v) is 6.83. The third-order valence-corrected chi connectivity index (χ3v) is 5.22. The SMILES string of the molecule is NC(=O)[C@@H]1Cc2ccccc2CN1C(=O)c1cc(-c2cccs2)on1. The van der Waals surface area contributed by atoms with Gasteiger partial charge in [0, 0.05) is 19.0 Å². The molecule has 6 nitrogen and oxygen atoms in total. The highest BCUT2D eigenvalue weighted by Gasteiger charge is 2.35. The van der Waals surface area contributed by atoms with Crippen LogP contribution in [-0.2, 0) is 17.8 Å². The van der Waals surface area contributed by atoms with Crippen LogP contribution in [0, 0.1) is 0 Å². The molecule has 0 fully saturated rings. The van der Waals surface area contributed by atoms with E-state index in [4.69, 9.17) is 10.3 Å². The Morgan fingerprint density at radius 3 is 2.72 bits per heavy atom. The molecule has 0 aliphatic carbocycles. The molecule has 2 N–H and O–H groups in total. The lowest BCUT2D eigenvalue weighted by atomic mass is 9.93. The van der Waals surface area contributed by atoms with Crippen molar-refractivity contribution in [1.82, 2.24) is 10.1 Å². The van der Waals surface area contributed by atoms with Crippen LogP contribution in [0.4, 0.5) is 0 Å². The number of carbonyl (C=O) groups excluding carboxylic acids is 2. The van der Waals surface area contributed by atoms with E-state index in [0.717, 1.165) is 16.0 Å². The van der Waals surface area contributed by atoms with E-state index in [1.165, 1.54) is 16.2 Å². The molecule has 0 bridgehead atoms. The van der Waals surface area contributed by atoms with E-state index >= 15 is 0 Å². The molecule has 4 rings (SSSR count). The molecule has 2 aromatic heterocycles. The third kappa shape index (κ3) is 2.83. The van der Waals surface area contributed by atoms with Crippen molar-refractivity contribution in [3.63, 3.8) is 0 Å². The number of rotatable bonds is 3. The van der Waals surface area contributed by atoms with Crippen molar-refractivity contribution < 1.29 is 14.1 Å². The molecule has 0 spiro atoms. The molecule has 7 heteroatoms. The lowest BCUT2D eigenvalue weighted by Gasteiger charge is -2.34. The highest BCUT2D eigenvalue weighted by molar-refractivity contribution is 7.13. The predicted molar refractivity (Wildman–Crippen MR) is 92.8 cm³/mol. The number of hydrogen-bond acceptors (Lipinski definition) is 5.